The van der Waals surface area contributed by atoms with E-state index in [9.17, 15) is 4.79 Å². The van der Waals surface area contributed by atoms with Gasteiger partial charge in [0.2, 0.25) is 5.28 Å². The van der Waals surface area contributed by atoms with Gasteiger partial charge in [0, 0.05) is 6.54 Å². The topological polar surface area (TPSA) is 46.9 Å². The van der Waals surface area contributed by atoms with Crippen molar-refractivity contribution in [2.45, 2.75) is 12.5 Å². The minimum absolute atomic E-state index is 0.0539. The average molecular weight is 284 g/mol. The summed E-state index contributed by atoms with van der Waals surface area (Å²) in [5.41, 5.74) is 0.379. The second kappa shape index (κ2) is 4.53. The van der Waals surface area contributed by atoms with Gasteiger partial charge in [-0.25, -0.2) is 4.98 Å². The zero-order valence-electron chi connectivity index (χ0n) is 9.49. The Morgan fingerprint density at radius 3 is 2.94 bits per heavy atom. The number of fused-ring (bicyclic) bond motifs is 1. The maximum absolute atomic E-state index is 12.5. The van der Waals surface area contributed by atoms with E-state index in [-0.39, 0.29) is 16.9 Å². The Kier molecular flexibility index (Phi) is 3.01. The molecular formula is C12H11Cl2N3O. The molecule has 1 aliphatic rings. The monoisotopic (exact) mass is 283 g/mol. The highest BCUT2D eigenvalue weighted by atomic mass is 35.5. The lowest BCUT2D eigenvalue weighted by molar-refractivity contribution is 0.526. The van der Waals surface area contributed by atoms with Crippen molar-refractivity contribution in [3.05, 3.63) is 38.9 Å². The number of halogens is 2. The smallest absolute Gasteiger partial charge is 0.264 e. The molecule has 94 valence electrons. The third-order valence-corrected chi connectivity index (χ3v) is 3.82. The van der Waals surface area contributed by atoms with Crippen LogP contribution in [0.3, 0.4) is 0 Å². The van der Waals surface area contributed by atoms with Gasteiger partial charge in [-0.3, -0.25) is 9.36 Å². The van der Waals surface area contributed by atoms with Crippen molar-refractivity contribution in [3.8, 4) is 0 Å². The molecule has 0 aliphatic carbocycles. The molecule has 6 heteroatoms. The first-order chi connectivity index (χ1) is 8.68. The van der Waals surface area contributed by atoms with Gasteiger partial charge in [0.25, 0.3) is 5.56 Å². The average Bonchev–Trinajstić information content (AvgIpc) is 2.82. The van der Waals surface area contributed by atoms with Crippen molar-refractivity contribution < 1.29 is 0 Å². The molecule has 18 heavy (non-hydrogen) atoms. The molecule has 3 rings (SSSR count). The highest BCUT2D eigenvalue weighted by Gasteiger charge is 2.22. The predicted octanol–water partition coefficient (Wildman–Crippen LogP) is 2.24. The summed E-state index contributed by atoms with van der Waals surface area (Å²) in [6, 6.07) is 5.25. The van der Waals surface area contributed by atoms with Crippen molar-refractivity contribution >= 4 is 34.1 Å². The minimum atomic E-state index is -0.163. The van der Waals surface area contributed by atoms with Crippen LogP contribution in [-0.2, 0) is 0 Å². The molecule has 4 nitrogen and oxygen atoms in total. The van der Waals surface area contributed by atoms with Gasteiger partial charge in [-0.05, 0) is 36.7 Å². The Labute approximate surface area is 114 Å². The van der Waals surface area contributed by atoms with Crippen molar-refractivity contribution in [1.82, 2.24) is 14.9 Å². The van der Waals surface area contributed by atoms with E-state index in [2.05, 4.69) is 10.3 Å². The molecule has 2 heterocycles. The standard InChI is InChI=1S/C12H11Cl2N3O/c13-8-2-1-3-9-10(8)11(18)17(12(14)16-9)7-4-5-15-6-7/h1-3,7,15H,4-6H2. The van der Waals surface area contributed by atoms with Crippen LogP contribution in [0.5, 0.6) is 0 Å². The van der Waals surface area contributed by atoms with E-state index < -0.39 is 0 Å². The molecule has 1 N–H and O–H groups in total. The fourth-order valence-corrected chi connectivity index (χ4v) is 2.91. The molecule has 2 aromatic rings. The largest absolute Gasteiger partial charge is 0.315 e. The van der Waals surface area contributed by atoms with Crippen molar-refractivity contribution in [1.29, 1.82) is 0 Å². The summed E-state index contributed by atoms with van der Waals surface area (Å²) >= 11 is 12.2. The van der Waals surface area contributed by atoms with E-state index in [1.807, 2.05) is 0 Å². The molecule has 0 saturated carbocycles. The molecule has 1 aliphatic heterocycles. The van der Waals surface area contributed by atoms with Crippen LogP contribution in [0.25, 0.3) is 10.9 Å². The fraction of sp³-hybridized carbons (Fsp3) is 0.333. The maximum Gasteiger partial charge on any atom is 0.264 e. The number of aromatic nitrogens is 2. The van der Waals surface area contributed by atoms with E-state index in [1.54, 1.807) is 18.2 Å². The molecule has 1 saturated heterocycles. The van der Waals surface area contributed by atoms with E-state index in [0.29, 0.717) is 15.9 Å². The SMILES string of the molecule is O=c1c2c(Cl)cccc2nc(Cl)n1C1CCNC1. The summed E-state index contributed by atoms with van der Waals surface area (Å²) in [6.07, 6.45) is 0.872. The third kappa shape index (κ3) is 1.81. The highest BCUT2D eigenvalue weighted by molar-refractivity contribution is 6.35. The highest BCUT2D eigenvalue weighted by Crippen LogP contribution is 2.23. The molecule has 1 atom stereocenters. The number of hydrogen-bond acceptors (Lipinski definition) is 3. The van der Waals surface area contributed by atoms with Gasteiger partial charge in [-0.2, -0.15) is 0 Å². The molecule has 0 amide bonds. The van der Waals surface area contributed by atoms with Gasteiger partial charge < -0.3 is 5.32 Å². The Morgan fingerprint density at radius 2 is 2.22 bits per heavy atom. The number of benzene rings is 1. The summed E-state index contributed by atoms with van der Waals surface area (Å²) in [4.78, 5) is 16.7. The summed E-state index contributed by atoms with van der Waals surface area (Å²) in [7, 11) is 0. The first kappa shape index (κ1) is 12.0. The molecule has 1 unspecified atom stereocenters. The van der Waals surface area contributed by atoms with Crippen LogP contribution in [0, 0.1) is 0 Å². The van der Waals surface area contributed by atoms with Crippen LogP contribution in [0.4, 0.5) is 0 Å². The minimum Gasteiger partial charge on any atom is -0.315 e. The molecule has 0 bridgehead atoms. The van der Waals surface area contributed by atoms with Crippen LogP contribution < -0.4 is 10.9 Å². The van der Waals surface area contributed by atoms with Crippen LogP contribution in [0.1, 0.15) is 12.5 Å². The number of nitrogens with zero attached hydrogens (tertiary/aromatic N) is 2. The van der Waals surface area contributed by atoms with E-state index in [4.69, 9.17) is 23.2 Å². The van der Waals surface area contributed by atoms with Gasteiger partial charge >= 0.3 is 0 Å². The Balaban J connectivity index is 2.32. The Morgan fingerprint density at radius 1 is 1.39 bits per heavy atom. The maximum atomic E-state index is 12.5. The van der Waals surface area contributed by atoms with Crippen molar-refractivity contribution in [3.63, 3.8) is 0 Å². The fourth-order valence-electron chi connectivity index (χ4n) is 2.35. The molecule has 1 aromatic carbocycles. The van der Waals surface area contributed by atoms with Crippen molar-refractivity contribution in [2.75, 3.05) is 13.1 Å². The first-order valence-electron chi connectivity index (χ1n) is 5.75. The van der Waals surface area contributed by atoms with Gasteiger partial charge in [0.15, 0.2) is 0 Å². The zero-order valence-corrected chi connectivity index (χ0v) is 11.0. The van der Waals surface area contributed by atoms with E-state index in [1.165, 1.54) is 4.57 Å². The van der Waals surface area contributed by atoms with Crippen LogP contribution >= 0.6 is 23.2 Å². The lowest BCUT2D eigenvalue weighted by Crippen LogP contribution is -2.28. The zero-order chi connectivity index (χ0) is 12.7. The van der Waals surface area contributed by atoms with Gasteiger partial charge in [-0.1, -0.05) is 17.7 Å². The quantitative estimate of drug-likeness (QED) is 0.817. The number of nitrogens with one attached hydrogen (secondary N) is 1. The summed E-state index contributed by atoms with van der Waals surface area (Å²) in [5, 5.41) is 4.29. The van der Waals surface area contributed by atoms with Crippen LogP contribution in [0.2, 0.25) is 10.3 Å². The summed E-state index contributed by atoms with van der Waals surface area (Å²) < 4.78 is 1.54. The third-order valence-electron chi connectivity index (χ3n) is 3.24. The summed E-state index contributed by atoms with van der Waals surface area (Å²) in [5.74, 6) is 0. The number of hydrogen-bond donors (Lipinski definition) is 1. The molecule has 0 spiro atoms. The molecular weight excluding hydrogens is 273 g/mol. The lowest BCUT2D eigenvalue weighted by Gasteiger charge is -2.15. The molecule has 1 aromatic heterocycles. The second-order valence-corrected chi connectivity index (χ2v) is 5.08. The van der Waals surface area contributed by atoms with Crippen molar-refractivity contribution in [2.24, 2.45) is 0 Å². The van der Waals surface area contributed by atoms with Crippen LogP contribution in [0.15, 0.2) is 23.0 Å². The predicted molar refractivity (Wildman–Crippen MR) is 72.5 cm³/mol. The molecule has 0 radical (unpaired) electrons. The Hall–Kier alpha value is -1.10. The van der Waals surface area contributed by atoms with E-state index >= 15 is 0 Å². The molecule has 1 fully saturated rings. The Bertz CT molecular complexity index is 662. The van der Waals surface area contributed by atoms with Crippen LogP contribution in [-0.4, -0.2) is 22.6 Å². The summed E-state index contributed by atoms with van der Waals surface area (Å²) in [6.45, 7) is 1.62. The lowest BCUT2D eigenvalue weighted by atomic mass is 10.2. The normalized spacial score (nSPS) is 19.6. The number of rotatable bonds is 1. The van der Waals surface area contributed by atoms with Gasteiger partial charge in [0.1, 0.15) is 0 Å². The van der Waals surface area contributed by atoms with Gasteiger partial charge in [0.05, 0.1) is 22.0 Å². The first-order valence-corrected chi connectivity index (χ1v) is 6.51. The van der Waals surface area contributed by atoms with Gasteiger partial charge in [-0.15, -0.1) is 0 Å². The van der Waals surface area contributed by atoms with E-state index in [0.717, 1.165) is 19.5 Å². The second-order valence-electron chi connectivity index (χ2n) is 4.34.